The third-order valence-corrected chi connectivity index (χ3v) is 5.99. The topological polar surface area (TPSA) is 91.2 Å². The number of anilines is 2. The van der Waals surface area contributed by atoms with Crippen molar-refractivity contribution >= 4 is 33.8 Å². The number of carbonyl (C=O) groups excluding carboxylic acids is 2. The van der Waals surface area contributed by atoms with Crippen LogP contribution < -0.4 is 15.4 Å². The summed E-state index contributed by atoms with van der Waals surface area (Å²) in [5.74, 6) is 0.0101. The van der Waals surface area contributed by atoms with Crippen LogP contribution in [-0.2, 0) is 11.2 Å². The Kier molecular flexibility index (Phi) is 7.41. The van der Waals surface area contributed by atoms with Gasteiger partial charge in [-0.1, -0.05) is 42.5 Å². The van der Waals surface area contributed by atoms with E-state index in [0.29, 0.717) is 45.3 Å². The van der Waals surface area contributed by atoms with Crippen LogP contribution in [0.15, 0.2) is 54.6 Å². The number of methoxy groups -OCH3 is 1. The quantitative estimate of drug-likeness (QED) is 0.514. The summed E-state index contributed by atoms with van der Waals surface area (Å²) in [4.78, 5) is 25.6. The van der Waals surface area contributed by atoms with Crippen molar-refractivity contribution in [2.75, 3.05) is 17.7 Å². The highest BCUT2D eigenvalue weighted by Crippen LogP contribution is 2.34. The van der Waals surface area contributed by atoms with Gasteiger partial charge in [-0.25, -0.2) is 0 Å². The second kappa shape index (κ2) is 10.4. The number of rotatable bonds is 8. The van der Waals surface area contributed by atoms with Gasteiger partial charge in [-0.15, -0.1) is 11.3 Å². The summed E-state index contributed by atoms with van der Waals surface area (Å²) in [7, 11) is 1.53. The molecule has 0 aliphatic rings. The van der Waals surface area contributed by atoms with Gasteiger partial charge in [0.2, 0.25) is 5.91 Å². The van der Waals surface area contributed by atoms with Gasteiger partial charge >= 0.3 is 0 Å². The highest BCUT2D eigenvalue weighted by molar-refractivity contribution is 7.18. The summed E-state index contributed by atoms with van der Waals surface area (Å²) in [6.07, 6.45) is 1.83. The molecule has 0 atom stereocenters. The minimum Gasteiger partial charge on any atom is -0.495 e. The summed E-state index contributed by atoms with van der Waals surface area (Å²) >= 11 is 1.10. The minimum absolute atomic E-state index is 0.176. The number of para-hydroxylation sites is 2. The minimum atomic E-state index is -0.354. The Labute approximate surface area is 185 Å². The van der Waals surface area contributed by atoms with Gasteiger partial charge in [-0.3, -0.25) is 9.59 Å². The Morgan fingerprint density at radius 1 is 1.06 bits per heavy atom. The molecule has 3 rings (SSSR count). The van der Waals surface area contributed by atoms with Crippen LogP contribution in [0.4, 0.5) is 10.7 Å². The van der Waals surface area contributed by atoms with Crippen molar-refractivity contribution in [2.45, 2.75) is 26.2 Å². The van der Waals surface area contributed by atoms with Gasteiger partial charge in [0, 0.05) is 6.42 Å². The summed E-state index contributed by atoms with van der Waals surface area (Å²) in [6.45, 7) is 1.71. The lowest BCUT2D eigenvalue weighted by atomic mass is 10.1. The van der Waals surface area contributed by atoms with E-state index >= 15 is 0 Å². The number of hydrogen-bond donors (Lipinski definition) is 2. The van der Waals surface area contributed by atoms with Crippen molar-refractivity contribution < 1.29 is 14.3 Å². The molecule has 0 radical (unpaired) electrons. The van der Waals surface area contributed by atoms with Crippen molar-refractivity contribution in [2.24, 2.45) is 0 Å². The predicted octanol–water partition coefficient (Wildman–Crippen LogP) is 5.15. The molecule has 3 aromatic rings. The molecule has 0 saturated heterocycles. The monoisotopic (exact) mass is 433 g/mol. The molecule has 0 bridgehead atoms. The molecule has 6 nitrogen and oxygen atoms in total. The Hall–Kier alpha value is -3.63. The first kappa shape index (κ1) is 22.1. The largest absolute Gasteiger partial charge is 0.495 e. The van der Waals surface area contributed by atoms with Crippen molar-refractivity contribution in [1.82, 2.24) is 0 Å². The Bertz CT molecular complexity index is 1120. The van der Waals surface area contributed by atoms with E-state index in [1.54, 1.807) is 25.1 Å². The molecular formula is C24H23N3O3S. The van der Waals surface area contributed by atoms with E-state index in [9.17, 15) is 14.9 Å². The smallest absolute Gasteiger partial charge is 0.266 e. The van der Waals surface area contributed by atoms with Crippen LogP contribution in [-0.4, -0.2) is 18.9 Å². The Morgan fingerprint density at radius 3 is 2.48 bits per heavy atom. The fourth-order valence-electron chi connectivity index (χ4n) is 3.17. The number of amides is 2. The number of hydrogen-bond acceptors (Lipinski definition) is 5. The van der Waals surface area contributed by atoms with E-state index < -0.39 is 0 Å². The van der Waals surface area contributed by atoms with Crippen LogP contribution in [0.1, 0.15) is 39.2 Å². The molecule has 0 unspecified atom stereocenters. The predicted molar refractivity (Wildman–Crippen MR) is 123 cm³/mol. The van der Waals surface area contributed by atoms with Gasteiger partial charge in [0.15, 0.2) is 0 Å². The van der Waals surface area contributed by atoms with E-state index in [0.717, 1.165) is 17.8 Å². The maximum atomic E-state index is 12.8. The summed E-state index contributed by atoms with van der Waals surface area (Å²) < 4.78 is 5.26. The van der Waals surface area contributed by atoms with Crippen LogP contribution in [0.25, 0.3) is 0 Å². The van der Waals surface area contributed by atoms with E-state index in [-0.39, 0.29) is 11.8 Å². The fourth-order valence-corrected chi connectivity index (χ4v) is 4.24. The lowest BCUT2D eigenvalue weighted by molar-refractivity contribution is -0.116. The zero-order valence-electron chi connectivity index (χ0n) is 17.4. The third kappa shape index (κ3) is 5.50. The van der Waals surface area contributed by atoms with Crippen LogP contribution in [0, 0.1) is 18.3 Å². The number of thiophene rings is 1. The molecule has 31 heavy (non-hydrogen) atoms. The van der Waals surface area contributed by atoms with Crippen molar-refractivity contribution in [3.05, 3.63) is 76.2 Å². The Balaban J connectivity index is 1.68. The van der Waals surface area contributed by atoms with Crippen LogP contribution in [0.2, 0.25) is 0 Å². The molecule has 1 heterocycles. The first-order valence-corrected chi connectivity index (χ1v) is 10.7. The van der Waals surface area contributed by atoms with Gasteiger partial charge < -0.3 is 15.4 Å². The lowest BCUT2D eigenvalue weighted by Gasteiger charge is -2.09. The lowest BCUT2D eigenvalue weighted by Crippen LogP contribution is -2.12. The number of nitrogens with zero attached hydrogens (tertiary/aromatic N) is 1. The molecule has 0 aliphatic carbocycles. The second-order valence-corrected chi connectivity index (χ2v) is 7.93. The van der Waals surface area contributed by atoms with Gasteiger partial charge in [0.25, 0.3) is 5.91 Å². The molecule has 7 heteroatoms. The SMILES string of the molecule is COc1ccccc1NC(=O)c1sc(NC(=O)CCCc2ccccc2)c(C#N)c1C. The van der Waals surface area contributed by atoms with Gasteiger partial charge in [-0.2, -0.15) is 5.26 Å². The molecule has 2 N–H and O–H groups in total. The molecule has 0 spiro atoms. The van der Waals surface area contributed by atoms with Crippen LogP contribution >= 0.6 is 11.3 Å². The van der Waals surface area contributed by atoms with Crippen molar-refractivity contribution in [3.8, 4) is 11.8 Å². The third-order valence-electron chi connectivity index (χ3n) is 4.79. The second-order valence-electron chi connectivity index (χ2n) is 6.91. The average molecular weight is 434 g/mol. The number of nitriles is 1. The van der Waals surface area contributed by atoms with Crippen molar-refractivity contribution in [1.29, 1.82) is 5.26 Å². The highest BCUT2D eigenvalue weighted by Gasteiger charge is 2.22. The molecule has 1 aromatic heterocycles. The zero-order valence-corrected chi connectivity index (χ0v) is 18.2. The zero-order chi connectivity index (χ0) is 22.2. The van der Waals surface area contributed by atoms with E-state index in [1.807, 2.05) is 36.4 Å². The maximum absolute atomic E-state index is 12.8. The summed E-state index contributed by atoms with van der Waals surface area (Å²) in [5, 5.41) is 15.6. The van der Waals surface area contributed by atoms with E-state index in [1.165, 1.54) is 12.7 Å². The number of ether oxygens (including phenoxy) is 1. The summed E-state index contributed by atoms with van der Waals surface area (Å²) in [5.41, 5.74) is 2.56. The van der Waals surface area contributed by atoms with Gasteiger partial charge in [0.05, 0.1) is 23.2 Å². The van der Waals surface area contributed by atoms with Gasteiger partial charge in [0.1, 0.15) is 16.8 Å². The molecular weight excluding hydrogens is 410 g/mol. The average Bonchev–Trinajstić information content (AvgIpc) is 3.09. The summed E-state index contributed by atoms with van der Waals surface area (Å²) in [6, 6.07) is 19.2. The molecule has 2 aromatic carbocycles. The standard InChI is InChI=1S/C24H23N3O3S/c1-16-18(15-25)24(27-21(28)14-8-11-17-9-4-3-5-10-17)31-22(16)23(29)26-19-12-6-7-13-20(19)30-2/h3-7,9-10,12-13H,8,11,14H2,1-2H3,(H,26,29)(H,27,28). The van der Waals surface area contributed by atoms with E-state index in [2.05, 4.69) is 16.7 Å². The van der Waals surface area contributed by atoms with Crippen LogP contribution in [0.5, 0.6) is 5.75 Å². The molecule has 0 saturated carbocycles. The number of carbonyl (C=O) groups is 2. The number of nitrogens with one attached hydrogen (secondary N) is 2. The fraction of sp³-hybridized carbons (Fsp3) is 0.208. The molecule has 2 amide bonds. The number of benzene rings is 2. The first-order valence-electron chi connectivity index (χ1n) is 9.85. The van der Waals surface area contributed by atoms with Crippen molar-refractivity contribution in [3.63, 3.8) is 0 Å². The number of aryl methyl sites for hydroxylation is 1. The maximum Gasteiger partial charge on any atom is 0.266 e. The van der Waals surface area contributed by atoms with Crippen LogP contribution in [0.3, 0.4) is 0 Å². The molecule has 0 fully saturated rings. The Morgan fingerprint density at radius 2 is 1.77 bits per heavy atom. The normalized spacial score (nSPS) is 10.2. The van der Waals surface area contributed by atoms with E-state index in [4.69, 9.17) is 4.74 Å². The highest BCUT2D eigenvalue weighted by atomic mass is 32.1. The molecule has 0 aliphatic heterocycles. The first-order chi connectivity index (χ1) is 15.0. The van der Waals surface area contributed by atoms with Gasteiger partial charge in [-0.05, 0) is 43.0 Å². The molecule has 158 valence electrons.